The predicted molar refractivity (Wildman–Crippen MR) is 173 cm³/mol. The number of aliphatic carboxylic acids is 1. The van der Waals surface area contributed by atoms with Crippen molar-refractivity contribution in [1.29, 1.82) is 0 Å². The van der Waals surface area contributed by atoms with Crippen LogP contribution in [0.4, 0.5) is 0 Å². The molecule has 0 saturated carbocycles. The summed E-state index contributed by atoms with van der Waals surface area (Å²) < 4.78 is 62.4. The summed E-state index contributed by atoms with van der Waals surface area (Å²) in [4.78, 5) is 9.87. The molecule has 0 bridgehead atoms. The molecule has 0 spiro atoms. The van der Waals surface area contributed by atoms with Gasteiger partial charge in [0.2, 0.25) is 20.0 Å². The van der Waals surface area contributed by atoms with Crippen LogP contribution in [-0.4, -0.2) is 49.0 Å². The molecule has 4 N–H and O–H groups in total. The Morgan fingerprint density at radius 1 is 0.739 bits per heavy atom. The summed E-state index contributed by atoms with van der Waals surface area (Å²) in [6, 6.07) is 17.0. The van der Waals surface area contributed by atoms with Crippen molar-refractivity contribution < 1.29 is 41.7 Å². The van der Waals surface area contributed by atoms with Gasteiger partial charge in [0.05, 0.1) is 10.0 Å². The van der Waals surface area contributed by atoms with E-state index in [-0.39, 0.29) is 45.5 Å². The molecule has 4 aromatic rings. The molecule has 4 rings (SSSR count). The van der Waals surface area contributed by atoms with Crippen LogP contribution in [0, 0.1) is 0 Å². The summed E-state index contributed by atoms with van der Waals surface area (Å²) in [6.45, 7) is -1.39. The van der Waals surface area contributed by atoms with Gasteiger partial charge in [-0.2, -0.15) is 4.31 Å². The number of sulfonamides is 2. The maximum absolute atomic E-state index is 14.0. The SMILES string of the molecule is O=C(O)COc1cccc(CN(Cc2cccc(CNS(=O)(=O)c3cc(Cl)cc(Cl)c3O)c2)S(=O)(=O)c2cc(Cl)cc(Cl)c2O)c1. The monoisotopic (exact) mass is 748 g/mol. The molecule has 0 aliphatic heterocycles. The second-order valence-electron chi connectivity index (χ2n) is 9.72. The van der Waals surface area contributed by atoms with Crippen LogP contribution in [0.5, 0.6) is 17.2 Å². The number of phenolic OH excluding ortho intramolecular Hbond substituents is 2. The van der Waals surface area contributed by atoms with Crippen LogP contribution in [0.2, 0.25) is 20.1 Å². The van der Waals surface area contributed by atoms with Crippen LogP contribution in [0.1, 0.15) is 16.7 Å². The minimum atomic E-state index is -4.49. The average Bonchev–Trinajstić information content (AvgIpc) is 2.98. The first-order valence-electron chi connectivity index (χ1n) is 12.9. The minimum Gasteiger partial charge on any atom is -0.505 e. The maximum atomic E-state index is 14.0. The second-order valence-corrected chi connectivity index (χ2v) is 15.0. The number of rotatable bonds is 13. The van der Waals surface area contributed by atoms with Crippen LogP contribution >= 0.6 is 46.4 Å². The molecule has 0 amide bonds. The van der Waals surface area contributed by atoms with Gasteiger partial charge in [0.25, 0.3) is 0 Å². The lowest BCUT2D eigenvalue weighted by Gasteiger charge is -2.24. The second kappa shape index (κ2) is 14.7. The summed E-state index contributed by atoms with van der Waals surface area (Å²) >= 11 is 23.9. The molecule has 46 heavy (non-hydrogen) atoms. The van der Waals surface area contributed by atoms with Crippen LogP contribution in [0.25, 0.3) is 0 Å². The molecule has 0 unspecified atom stereocenters. The van der Waals surface area contributed by atoms with E-state index in [2.05, 4.69) is 4.72 Å². The van der Waals surface area contributed by atoms with Gasteiger partial charge in [0, 0.05) is 29.7 Å². The first kappa shape index (κ1) is 35.6. The Hall–Kier alpha value is -3.27. The molecule has 0 saturated heterocycles. The first-order chi connectivity index (χ1) is 21.6. The molecule has 0 fully saturated rings. The minimum absolute atomic E-state index is 0.00233. The Kier molecular flexibility index (Phi) is 11.3. The van der Waals surface area contributed by atoms with E-state index in [1.54, 1.807) is 36.4 Å². The Morgan fingerprint density at radius 2 is 1.26 bits per heavy atom. The van der Waals surface area contributed by atoms with E-state index in [0.717, 1.165) is 16.4 Å². The molecular weight excluding hydrogens is 726 g/mol. The fraction of sp³-hybridized carbons (Fsp3) is 0.138. The Labute approximate surface area is 284 Å². The Balaban J connectivity index is 1.65. The van der Waals surface area contributed by atoms with Gasteiger partial charge < -0.3 is 20.1 Å². The molecule has 0 atom stereocenters. The lowest BCUT2D eigenvalue weighted by atomic mass is 10.1. The van der Waals surface area contributed by atoms with Crippen molar-refractivity contribution in [2.24, 2.45) is 0 Å². The van der Waals surface area contributed by atoms with E-state index in [1.807, 2.05) is 0 Å². The first-order valence-corrected chi connectivity index (χ1v) is 17.4. The Bertz CT molecular complexity index is 2010. The van der Waals surface area contributed by atoms with E-state index < -0.39 is 53.9 Å². The summed E-state index contributed by atoms with van der Waals surface area (Å²) in [5.41, 5.74) is 1.28. The smallest absolute Gasteiger partial charge is 0.341 e. The molecule has 244 valence electrons. The number of benzene rings is 4. The molecule has 0 aliphatic rings. The van der Waals surface area contributed by atoms with Crippen molar-refractivity contribution in [3.63, 3.8) is 0 Å². The number of carboxylic acid groups (broad SMARTS) is 1. The number of hydrogen-bond donors (Lipinski definition) is 4. The summed E-state index contributed by atoms with van der Waals surface area (Å²) in [5.74, 6) is -2.39. The van der Waals surface area contributed by atoms with Crippen molar-refractivity contribution >= 4 is 72.4 Å². The zero-order valence-corrected chi connectivity index (χ0v) is 28.0. The molecule has 17 heteroatoms. The largest absolute Gasteiger partial charge is 0.505 e. The predicted octanol–water partition coefficient (Wildman–Crippen LogP) is 6.04. The highest BCUT2D eigenvalue weighted by Gasteiger charge is 2.30. The number of nitrogens with one attached hydrogen (secondary N) is 1. The number of carboxylic acids is 1. The number of halogens is 4. The third-order valence-corrected chi connectivity index (χ3v) is 10.6. The van der Waals surface area contributed by atoms with E-state index in [0.29, 0.717) is 16.7 Å². The van der Waals surface area contributed by atoms with Gasteiger partial charge in [-0.1, -0.05) is 82.8 Å². The zero-order valence-electron chi connectivity index (χ0n) is 23.3. The summed E-state index contributed by atoms with van der Waals surface area (Å²) in [7, 11) is -8.77. The van der Waals surface area contributed by atoms with Gasteiger partial charge >= 0.3 is 5.97 Å². The van der Waals surface area contributed by atoms with Crippen molar-refractivity contribution in [3.8, 4) is 17.2 Å². The molecule has 0 aromatic heterocycles. The topological polar surface area (TPSA) is 171 Å². The maximum Gasteiger partial charge on any atom is 0.341 e. The fourth-order valence-corrected chi connectivity index (χ4v) is 8.16. The quantitative estimate of drug-likeness (QED) is 0.127. The number of hydrogen-bond acceptors (Lipinski definition) is 8. The molecule has 0 aliphatic carbocycles. The van der Waals surface area contributed by atoms with Gasteiger partial charge in [0.1, 0.15) is 15.5 Å². The average molecular weight is 750 g/mol. The van der Waals surface area contributed by atoms with E-state index in [4.69, 9.17) is 56.2 Å². The van der Waals surface area contributed by atoms with E-state index in [1.165, 1.54) is 24.3 Å². The molecule has 0 heterocycles. The highest BCUT2D eigenvalue weighted by molar-refractivity contribution is 7.89. The van der Waals surface area contributed by atoms with Gasteiger partial charge in [-0.3, -0.25) is 0 Å². The van der Waals surface area contributed by atoms with Crippen LogP contribution in [0.15, 0.2) is 82.6 Å². The van der Waals surface area contributed by atoms with Crippen molar-refractivity contribution in [2.75, 3.05) is 6.61 Å². The van der Waals surface area contributed by atoms with E-state index >= 15 is 0 Å². The van der Waals surface area contributed by atoms with Gasteiger partial charge in [-0.15, -0.1) is 0 Å². The summed E-state index contributed by atoms with van der Waals surface area (Å²) in [5, 5.41) is 29.1. The standard InChI is InChI=1S/C29H24Cl4N2O9S2/c30-20-9-23(32)28(38)25(11-20)45(40,41)34-13-17-3-1-4-18(7-17)14-35(15-19-5-2-6-22(8-19)44-16-27(36)37)46(42,43)26-12-21(31)10-24(33)29(26)39/h1-12,34,38-39H,13-16H2,(H,36,37). The third kappa shape index (κ3) is 8.75. The summed E-state index contributed by atoms with van der Waals surface area (Å²) in [6.07, 6.45) is 0. The third-order valence-electron chi connectivity index (χ3n) is 6.33. The number of nitrogens with zero attached hydrogens (tertiary/aromatic N) is 1. The normalized spacial score (nSPS) is 11.9. The molecular formula is C29H24Cl4N2O9S2. The van der Waals surface area contributed by atoms with Crippen molar-refractivity contribution in [2.45, 2.75) is 29.4 Å². The van der Waals surface area contributed by atoms with Crippen molar-refractivity contribution in [1.82, 2.24) is 9.03 Å². The fourth-order valence-electron chi connectivity index (χ4n) is 4.23. The van der Waals surface area contributed by atoms with Crippen LogP contribution in [-0.2, 0) is 44.5 Å². The van der Waals surface area contributed by atoms with Gasteiger partial charge in [-0.25, -0.2) is 26.4 Å². The lowest BCUT2D eigenvalue weighted by Crippen LogP contribution is -2.30. The van der Waals surface area contributed by atoms with Crippen molar-refractivity contribution in [3.05, 3.63) is 110 Å². The molecule has 0 radical (unpaired) electrons. The van der Waals surface area contributed by atoms with Gasteiger partial charge in [0.15, 0.2) is 18.1 Å². The number of aromatic hydroxyl groups is 2. The number of phenols is 2. The number of ether oxygens (including phenoxy) is 1. The van der Waals surface area contributed by atoms with Crippen LogP contribution in [0.3, 0.4) is 0 Å². The molecule has 11 nitrogen and oxygen atoms in total. The highest BCUT2D eigenvalue weighted by Crippen LogP contribution is 2.37. The van der Waals surface area contributed by atoms with Crippen LogP contribution < -0.4 is 9.46 Å². The number of carbonyl (C=O) groups is 1. The van der Waals surface area contributed by atoms with Gasteiger partial charge in [-0.05, 0) is 53.1 Å². The van der Waals surface area contributed by atoms with E-state index in [9.17, 15) is 31.8 Å². The molecule has 4 aromatic carbocycles. The lowest BCUT2D eigenvalue weighted by molar-refractivity contribution is -0.139. The highest BCUT2D eigenvalue weighted by atomic mass is 35.5. The zero-order chi connectivity index (χ0) is 33.8. The Morgan fingerprint density at radius 3 is 1.87 bits per heavy atom.